The van der Waals surface area contributed by atoms with E-state index in [1.165, 1.54) is 22.9 Å². The minimum Gasteiger partial charge on any atom is -0.316 e. The molecule has 0 aliphatic rings. The molecule has 0 bridgehead atoms. The van der Waals surface area contributed by atoms with Crippen molar-refractivity contribution in [3.8, 4) is 11.8 Å². The second-order valence-corrected chi connectivity index (χ2v) is 4.48. The lowest BCUT2D eigenvalue weighted by molar-refractivity contribution is -0.137. The van der Waals surface area contributed by atoms with Gasteiger partial charge in [0.05, 0.1) is 23.5 Å². The van der Waals surface area contributed by atoms with Crippen molar-refractivity contribution in [2.24, 2.45) is 5.10 Å². The molecule has 0 saturated carbocycles. The number of benzene rings is 1. The Morgan fingerprint density at radius 2 is 2.13 bits per heavy atom. The number of hydrogen-bond donors (Lipinski definition) is 1. The number of carbonyl (C=O) groups excluding carboxylic acids is 1. The highest BCUT2D eigenvalue weighted by atomic mass is 19.4. The highest BCUT2D eigenvalue weighted by Crippen LogP contribution is 2.30. The van der Waals surface area contributed by atoms with Gasteiger partial charge in [0, 0.05) is 11.9 Å². The van der Waals surface area contributed by atoms with Gasteiger partial charge in [0.25, 0.3) is 5.91 Å². The predicted molar refractivity (Wildman–Crippen MR) is 76.7 cm³/mol. The number of hydrogen-bond acceptors (Lipinski definition) is 3. The highest BCUT2D eigenvalue weighted by Gasteiger charge is 2.30. The Balaban J connectivity index is 2.23. The third-order valence-corrected chi connectivity index (χ3v) is 2.86. The number of alkyl halides is 3. The first-order valence-electron chi connectivity index (χ1n) is 6.45. The van der Waals surface area contributed by atoms with E-state index in [4.69, 9.17) is 5.26 Å². The lowest BCUT2D eigenvalue weighted by Crippen LogP contribution is -2.16. The summed E-state index contributed by atoms with van der Waals surface area (Å²) < 4.78 is 39.8. The molecule has 1 aromatic carbocycles. The van der Waals surface area contributed by atoms with Gasteiger partial charge in [-0.3, -0.25) is 4.79 Å². The molecule has 0 aliphatic carbocycles. The number of nitriles is 1. The van der Waals surface area contributed by atoms with Crippen molar-refractivity contribution in [2.75, 3.05) is 0 Å². The summed E-state index contributed by atoms with van der Waals surface area (Å²) in [4.78, 5) is 11.1. The molecule has 0 fully saturated rings. The van der Waals surface area contributed by atoms with Gasteiger partial charge in [0.15, 0.2) is 0 Å². The molecule has 0 spiro atoms. The van der Waals surface area contributed by atoms with Gasteiger partial charge in [0.2, 0.25) is 0 Å². The maximum Gasteiger partial charge on any atom is 0.416 e. The van der Waals surface area contributed by atoms with E-state index in [-0.39, 0.29) is 6.42 Å². The van der Waals surface area contributed by atoms with Gasteiger partial charge in [-0.1, -0.05) is 6.07 Å². The van der Waals surface area contributed by atoms with Crippen LogP contribution >= 0.6 is 0 Å². The highest BCUT2D eigenvalue weighted by molar-refractivity contribution is 5.82. The van der Waals surface area contributed by atoms with Crippen LogP contribution in [-0.2, 0) is 11.0 Å². The Bertz CT molecular complexity index is 772. The molecule has 2 aromatic rings. The van der Waals surface area contributed by atoms with Crippen LogP contribution in [0.15, 0.2) is 47.7 Å². The normalized spacial score (nSPS) is 11.4. The molecule has 1 amide bonds. The number of amides is 1. The number of aromatic nitrogens is 1. The average molecular weight is 320 g/mol. The van der Waals surface area contributed by atoms with E-state index in [1.807, 2.05) is 0 Å². The SMILES string of the molecule is N#CCC(=O)N/N=C\c1cccn1-c1cccc(C(F)(F)F)c1. The molecule has 0 aliphatic heterocycles. The van der Waals surface area contributed by atoms with Crippen LogP contribution in [-0.4, -0.2) is 16.7 Å². The molecule has 2 rings (SSSR count). The summed E-state index contributed by atoms with van der Waals surface area (Å²) in [5.41, 5.74) is 2.18. The Hall–Kier alpha value is -3.08. The van der Waals surface area contributed by atoms with Crippen LogP contribution in [0.3, 0.4) is 0 Å². The van der Waals surface area contributed by atoms with E-state index in [9.17, 15) is 18.0 Å². The van der Waals surface area contributed by atoms with E-state index in [2.05, 4.69) is 10.5 Å². The van der Waals surface area contributed by atoms with Gasteiger partial charge >= 0.3 is 6.18 Å². The van der Waals surface area contributed by atoms with Crippen molar-refractivity contribution >= 4 is 12.1 Å². The second-order valence-electron chi connectivity index (χ2n) is 4.48. The zero-order valence-electron chi connectivity index (χ0n) is 11.7. The van der Waals surface area contributed by atoms with Gasteiger partial charge < -0.3 is 4.57 Å². The maximum atomic E-state index is 12.8. The lowest BCUT2D eigenvalue weighted by Gasteiger charge is -2.10. The molecule has 1 heterocycles. The molecule has 0 atom stereocenters. The van der Waals surface area contributed by atoms with Crippen molar-refractivity contribution in [1.29, 1.82) is 5.26 Å². The minimum atomic E-state index is -4.43. The van der Waals surface area contributed by atoms with Crippen molar-refractivity contribution in [3.05, 3.63) is 53.9 Å². The second kappa shape index (κ2) is 6.79. The summed E-state index contributed by atoms with van der Waals surface area (Å²) in [5.74, 6) is -0.569. The first-order chi connectivity index (χ1) is 10.9. The first kappa shape index (κ1) is 16.3. The van der Waals surface area contributed by atoms with Crippen molar-refractivity contribution < 1.29 is 18.0 Å². The summed E-state index contributed by atoms with van der Waals surface area (Å²) in [6, 6.07) is 9.78. The average Bonchev–Trinajstić information content (AvgIpc) is 2.95. The van der Waals surface area contributed by atoms with Crippen molar-refractivity contribution in [3.63, 3.8) is 0 Å². The molecule has 118 valence electrons. The molecule has 0 unspecified atom stereocenters. The van der Waals surface area contributed by atoms with Gasteiger partial charge in [-0.2, -0.15) is 23.5 Å². The number of rotatable bonds is 4. The van der Waals surface area contributed by atoms with Crippen LogP contribution in [0.2, 0.25) is 0 Å². The molecule has 23 heavy (non-hydrogen) atoms. The third-order valence-electron chi connectivity index (χ3n) is 2.86. The summed E-state index contributed by atoms with van der Waals surface area (Å²) in [7, 11) is 0. The standard InChI is InChI=1S/C15H11F3N4O/c16-15(17,18)11-3-1-4-12(9-11)22-8-2-5-13(22)10-20-21-14(23)6-7-19/h1-5,8-10H,6H2,(H,21,23)/b20-10-. The van der Waals surface area contributed by atoms with Gasteiger partial charge in [-0.25, -0.2) is 5.43 Å². The summed E-state index contributed by atoms with van der Waals surface area (Å²) >= 11 is 0. The zero-order valence-corrected chi connectivity index (χ0v) is 11.7. The first-order valence-corrected chi connectivity index (χ1v) is 6.45. The fourth-order valence-corrected chi connectivity index (χ4v) is 1.85. The quantitative estimate of drug-likeness (QED) is 0.695. The van der Waals surface area contributed by atoms with Gasteiger partial charge in [-0.05, 0) is 30.3 Å². The van der Waals surface area contributed by atoms with E-state index in [0.29, 0.717) is 11.4 Å². The van der Waals surface area contributed by atoms with Crippen molar-refractivity contribution in [1.82, 2.24) is 9.99 Å². The third kappa shape index (κ3) is 4.20. The zero-order chi connectivity index (χ0) is 16.9. The number of carbonyl (C=O) groups is 1. The van der Waals surface area contributed by atoms with Gasteiger partial charge in [-0.15, -0.1) is 0 Å². The fraction of sp³-hybridized carbons (Fsp3) is 0.133. The molecule has 1 N–H and O–H groups in total. The molecule has 0 saturated heterocycles. The van der Waals surface area contributed by atoms with Crippen LogP contribution < -0.4 is 5.43 Å². The number of nitrogens with zero attached hydrogens (tertiary/aromatic N) is 3. The number of hydrazone groups is 1. The molecular weight excluding hydrogens is 309 g/mol. The van der Waals surface area contributed by atoms with E-state index < -0.39 is 17.6 Å². The van der Waals surface area contributed by atoms with Crippen LogP contribution in [0.4, 0.5) is 13.2 Å². The fourth-order valence-electron chi connectivity index (χ4n) is 1.85. The molecule has 1 aromatic heterocycles. The number of nitrogens with one attached hydrogen (secondary N) is 1. The Kier molecular flexibility index (Phi) is 4.81. The Morgan fingerprint density at radius 1 is 1.35 bits per heavy atom. The van der Waals surface area contributed by atoms with Crippen LogP contribution in [0.1, 0.15) is 17.7 Å². The predicted octanol–water partition coefficient (Wildman–Crippen LogP) is 2.86. The molecule has 0 radical (unpaired) electrons. The summed E-state index contributed by atoms with van der Waals surface area (Å²) in [6.07, 6.45) is -1.89. The molecule has 5 nitrogen and oxygen atoms in total. The topological polar surface area (TPSA) is 70.2 Å². The lowest BCUT2D eigenvalue weighted by atomic mass is 10.2. The summed E-state index contributed by atoms with van der Waals surface area (Å²) in [6.45, 7) is 0. The van der Waals surface area contributed by atoms with E-state index in [1.54, 1.807) is 24.4 Å². The van der Waals surface area contributed by atoms with Crippen molar-refractivity contribution in [2.45, 2.75) is 12.6 Å². The molecule has 8 heteroatoms. The monoisotopic (exact) mass is 320 g/mol. The Labute approximate surface area is 129 Å². The Morgan fingerprint density at radius 3 is 2.83 bits per heavy atom. The van der Waals surface area contributed by atoms with Crippen LogP contribution in [0.25, 0.3) is 5.69 Å². The van der Waals surface area contributed by atoms with E-state index in [0.717, 1.165) is 12.1 Å². The molecular formula is C15H11F3N4O. The van der Waals surface area contributed by atoms with E-state index >= 15 is 0 Å². The minimum absolute atomic E-state index is 0.314. The summed E-state index contributed by atoms with van der Waals surface area (Å²) in [5, 5.41) is 12.0. The van der Waals surface area contributed by atoms with Crippen LogP contribution in [0.5, 0.6) is 0 Å². The number of halogens is 3. The van der Waals surface area contributed by atoms with Gasteiger partial charge in [0.1, 0.15) is 6.42 Å². The van der Waals surface area contributed by atoms with Crippen LogP contribution in [0, 0.1) is 11.3 Å². The maximum absolute atomic E-state index is 12.8. The smallest absolute Gasteiger partial charge is 0.316 e. The largest absolute Gasteiger partial charge is 0.416 e.